The lowest BCUT2D eigenvalue weighted by Gasteiger charge is -2.29. The molecule has 0 aliphatic carbocycles. The van der Waals surface area contributed by atoms with Gasteiger partial charge in [0.15, 0.2) is 0 Å². The summed E-state index contributed by atoms with van der Waals surface area (Å²) >= 11 is 0. The van der Waals surface area contributed by atoms with Gasteiger partial charge in [0.1, 0.15) is 0 Å². The van der Waals surface area contributed by atoms with E-state index in [1.165, 1.54) is 51.7 Å². The molecule has 3 heteroatoms. The fraction of sp³-hybridized carbons (Fsp3) is 1.00. The monoisotopic (exact) mass is 240 g/mol. The Morgan fingerprint density at radius 2 is 2.00 bits per heavy atom. The van der Waals surface area contributed by atoms with Crippen molar-refractivity contribution in [3.05, 3.63) is 0 Å². The molecule has 2 rings (SSSR count). The van der Waals surface area contributed by atoms with E-state index in [0.717, 1.165) is 31.6 Å². The molecule has 1 atom stereocenters. The Labute approximate surface area is 106 Å². The van der Waals surface area contributed by atoms with E-state index in [0.29, 0.717) is 0 Å². The third-order valence-corrected chi connectivity index (χ3v) is 4.26. The lowest BCUT2D eigenvalue weighted by Crippen LogP contribution is -2.33. The Balaban J connectivity index is 1.48. The van der Waals surface area contributed by atoms with Crippen molar-refractivity contribution in [3.8, 4) is 0 Å². The minimum Gasteiger partial charge on any atom is -0.381 e. The summed E-state index contributed by atoms with van der Waals surface area (Å²) in [6.07, 6.45) is 6.75. The normalized spacial score (nSPS) is 28.4. The molecule has 1 unspecified atom stereocenters. The zero-order valence-electron chi connectivity index (χ0n) is 11.3. The van der Waals surface area contributed by atoms with E-state index in [-0.39, 0.29) is 0 Å². The third kappa shape index (κ3) is 4.94. The number of rotatable bonds is 5. The van der Waals surface area contributed by atoms with Crippen LogP contribution in [-0.2, 0) is 4.74 Å². The van der Waals surface area contributed by atoms with Crippen LogP contribution in [0.3, 0.4) is 0 Å². The molecule has 0 aromatic rings. The first-order chi connectivity index (χ1) is 8.34. The van der Waals surface area contributed by atoms with E-state index in [9.17, 15) is 0 Å². The molecule has 0 spiro atoms. The lowest BCUT2D eigenvalue weighted by molar-refractivity contribution is 0.0547. The van der Waals surface area contributed by atoms with Crippen LogP contribution in [0.2, 0.25) is 0 Å². The molecule has 0 aromatic carbocycles. The SMILES string of the molecule is CN1CCC(CCNCC2CCCOC2)CC1. The van der Waals surface area contributed by atoms with Gasteiger partial charge in [-0.1, -0.05) is 0 Å². The molecule has 0 saturated carbocycles. The Morgan fingerprint density at radius 3 is 2.71 bits per heavy atom. The van der Waals surface area contributed by atoms with Crippen molar-refractivity contribution in [2.75, 3.05) is 46.4 Å². The average molecular weight is 240 g/mol. The molecule has 2 aliphatic rings. The highest BCUT2D eigenvalue weighted by Crippen LogP contribution is 2.19. The van der Waals surface area contributed by atoms with Gasteiger partial charge in [-0.15, -0.1) is 0 Å². The molecule has 0 aromatic heterocycles. The molecule has 2 saturated heterocycles. The smallest absolute Gasteiger partial charge is 0.0506 e. The first-order valence-electron chi connectivity index (χ1n) is 7.31. The Hall–Kier alpha value is -0.120. The van der Waals surface area contributed by atoms with E-state index in [4.69, 9.17) is 4.74 Å². The van der Waals surface area contributed by atoms with Crippen LogP contribution >= 0.6 is 0 Å². The van der Waals surface area contributed by atoms with Gasteiger partial charge in [0, 0.05) is 13.2 Å². The van der Waals surface area contributed by atoms with Crippen molar-refractivity contribution in [2.24, 2.45) is 11.8 Å². The van der Waals surface area contributed by atoms with Gasteiger partial charge < -0.3 is 15.0 Å². The standard InChI is InChI=1S/C14H28N2O/c1-16-8-5-13(6-9-16)4-7-15-11-14-3-2-10-17-12-14/h13-15H,2-12H2,1H3. The Morgan fingerprint density at radius 1 is 1.18 bits per heavy atom. The van der Waals surface area contributed by atoms with E-state index >= 15 is 0 Å². The van der Waals surface area contributed by atoms with Crippen molar-refractivity contribution < 1.29 is 4.74 Å². The van der Waals surface area contributed by atoms with Crippen LogP contribution in [-0.4, -0.2) is 51.3 Å². The molecule has 0 bridgehead atoms. The molecule has 1 N–H and O–H groups in total. The van der Waals surface area contributed by atoms with Crippen molar-refractivity contribution >= 4 is 0 Å². The minimum atomic E-state index is 0.765. The highest BCUT2D eigenvalue weighted by molar-refractivity contribution is 4.71. The van der Waals surface area contributed by atoms with Gasteiger partial charge in [-0.3, -0.25) is 0 Å². The van der Waals surface area contributed by atoms with Crippen molar-refractivity contribution in [3.63, 3.8) is 0 Å². The van der Waals surface area contributed by atoms with Gasteiger partial charge in [-0.05, 0) is 70.6 Å². The summed E-state index contributed by atoms with van der Waals surface area (Å²) in [6.45, 7) is 6.90. The molecular weight excluding hydrogens is 212 g/mol. The van der Waals surface area contributed by atoms with E-state index < -0.39 is 0 Å². The van der Waals surface area contributed by atoms with Crippen molar-refractivity contribution in [2.45, 2.75) is 32.1 Å². The highest BCUT2D eigenvalue weighted by atomic mass is 16.5. The van der Waals surface area contributed by atoms with Crippen molar-refractivity contribution in [1.82, 2.24) is 10.2 Å². The number of piperidine rings is 1. The van der Waals surface area contributed by atoms with Gasteiger partial charge in [0.05, 0.1) is 6.61 Å². The molecule has 17 heavy (non-hydrogen) atoms. The number of hydrogen-bond donors (Lipinski definition) is 1. The molecule has 0 radical (unpaired) electrons. The molecule has 2 heterocycles. The maximum atomic E-state index is 5.50. The van der Waals surface area contributed by atoms with Crippen LogP contribution in [0, 0.1) is 11.8 Å². The molecule has 3 nitrogen and oxygen atoms in total. The topological polar surface area (TPSA) is 24.5 Å². The van der Waals surface area contributed by atoms with Gasteiger partial charge in [-0.25, -0.2) is 0 Å². The zero-order valence-corrected chi connectivity index (χ0v) is 11.3. The summed E-state index contributed by atoms with van der Waals surface area (Å²) in [6, 6.07) is 0. The summed E-state index contributed by atoms with van der Waals surface area (Å²) in [4.78, 5) is 2.45. The third-order valence-electron chi connectivity index (χ3n) is 4.26. The fourth-order valence-electron chi connectivity index (χ4n) is 2.93. The van der Waals surface area contributed by atoms with Gasteiger partial charge >= 0.3 is 0 Å². The molecular formula is C14H28N2O. The fourth-order valence-corrected chi connectivity index (χ4v) is 2.93. The van der Waals surface area contributed by atoms with Crippen LogP contribution in [0.15, 0.2) is 0 Å². The summed E-state index contributed by atoms with van der Waals surface area (Å²) in [7, 11) is 2.23. The number of nitrogens with one attached hydrogen (secondary N) is 1. The summed E-state index contributed by atoms with van der Waals surface area (Å²) < 4.78 is 5.50. The number of ether oxygens (including phenoxy) is 1. The highest BCUT2D eigenvalue weighted by Gasteiger charge is 2.17. The summed E-state index contributed by atoms with van der Waals surface area (Å²) in [5.41, 5.74) is 0. The number of likely N-dealkylation sites (tertiary alicyclic amines) is 1. The second-order valence-electron chi connectivity index (χ2n) is 5.82. The van der Waals surface area contributed by atoms with Crippen LogP contribution in [0.5, 0.6) is 0 Å². The first kappa shape index (κ1) is 13.3. The van der Waals surface area contributed by atoms with Gasteiger partial charge in [0.2, 0.25) is 0 Å². The molecule has 100 valence electrons. The quantitative estimate of drug-likeness (QED) is 0.741. The van der Waals surface area contributed by atoms with Crippen LogP contribution < -0.4 is 5.32 Å². The number of hydrogen-bond acceptors (Lipinski definition) is 3. The summed E-state index contributed by atoms with van der Waals surface area (Å²) in [5, 5.41) is 3.62. The largest absolute Gasteiger partial charge is 0.381 e. The van der Waals surface area contributed by atoms with Gasteiger partial charge in [0.25, 0.3) is 0 Å². The molecule has 2 fully saturated rings. The van der Waals surface area contributed by atoms with Crippen molar-refractivity contribution in [1.29, 1.82) is 0 Å². The summed E-state index contributed by atoms with van der Waals surface area (Å²) in [5.74, 6) is 1.72. The average Bonchev–Trinajstić information content (AvgIpc) is 2.38. The van der Waals surface area contributed by atoms with Crippen LogP contribution in [0.4, 0.5) is 0 Å². The zero-order chi connectivity index (χ0) is 11.9. The molecule has 2 aliphatic heterocycles. The Kier molecular flexibility index (Phi) is 5.75. The van der Waals surface area contributed by atoms with Crippen LogP contribution in [0.25, 0.3) is 0 Å². The minimum absolute atomic E-state index is 0.765. The lowest BCUT2D eigenvalue weighted by atomic mass is 9.94. The first-order valence-corrected chi connectivity index (χ1v) is 7.31. The maximum absolute atomic E-state index is 5.50. The number of nitrogens with zero attached hydrogens (tertiary/aromatic N) is 1. The predicted octanol–water partition coefficient (Wildman–Crippen LogP) is 1.73. The van der Waals surface area contributed by atoms with E-state index in [2.05, 4.69) is 17.3 Å². The van der Waals surface area contributed by atoms with Gasteiger partial charge in [-0.2, -0.15) is 0 Å². The second kappa shape index (κ2) is 7.34. The van der Waals surface area contributed by atoms with E-state index in [1.54, 1.807) is 0 Å². The predicted molar refractivity (Wildman–Crippen MR) is 71.3 cm³/mol. The molecule has 0 amide bonds. The second-order valence-corrected chi connectivity index (χ2v) is 5.82. The van der Waals surface area contributed by atoms with Crippen LogP contribution in [0.1, 0.15) is 32.1 Å². The van der Waals surface area contributed by atoms with E-state index in [1.807, 2.05) is 0 Å². The maximum Gasteiger partial charge on any atom is 0.0506 e. The Bertz CT molecular complexity index is 196.